The van der Waals surface area contributed by atoms with Crippen LogP contribution in [0.2, 0.25) is 0 Å². The number of ketones is 1. The Labute approximate surface area is 93.2 Å². The van der Waals surface area contributed by atoms with Gasteiger partial charge in [0.15, 0.2) is 5.82 Å². The largest absolute Gasteiger partial charge is 0.328 e. The van der Waals surface area contributed by atoms with Gasteiger partial charge in [-0.25, -0.2) is 15.0 Å². The second kappa shape index (κ2) is 4.22. The van der Waals surface area contributed by atoms with Gasteiger partial charge in [-0.3, -0.25) is 4.79 Å². The van der Waals surface area contributed by atoms with Gasteiger partial charge in [0.05, 0.1) is 0 Å². The average Bonchev–Trinajstić information content (AvgIpc) is 2.77. The summed E-state index contributed by atoms with van der Waals surface area (Å²) < 4.78 is 1.77. The van der Waals surface area contributed by atoms with Crippen LogP contribution in [-0.4, -0.2) is 25.3 Å². The van der Waals surface area contributed by atoms with Crippen molar-refractivity contribution in [3.63, 3.8) is 0 Å². The van der Waals surface area contributed by atoms with Crippen molar-refractivity contribution in [1.29, 1.82) is 0 Å². The van der Waals surface area contributed by atoms with Crippen LogP contribution >= 0.6 is 0 Å². The molecule has 5 nitrogen and oxygen atoms in total. The zero-order valence-corrected chi connectivity index (χ0v) is 9.21. The van der Waals surface area contributed by atoms with E-state index in [0.717, 1.165) is 5.56 Å². The SMILES string of the molecule is CCn1ccnc1C(=O)c1ncc(C)cn1. The number of imidazole rings is 1. The van der Waals surface area contributed by atoms with Gasteiger partial charge in [-0.2, -0.15) is 0 Å². The molecule has 2 rings (SSSR count). The summed E-state index contributed by atoms with van der Waals surface area (Å²) in [7, 11) is 0. The first-order valence-electron chi connectivity index (χ1n) is 5.07. The van der Waals surface area contributed by atoms with Crippen LogP contribution in [0.5, 0.6) is 0 Å². The molecule has 0 fully saturated rings. The molecular weight excluding hydrogens is 204 g/mol. The molecule has 0 saturated carbocycles. The Morgan fingerprint density at radius 1 is 1.31 bits per heavy atom. The maximum atomic E-state index is 12.0. The number of hydrogen-bond donors (Lipinski definition) is 0. The fourth-order valence-electron chi connectivity index (χ4n) is 1.38. The molecular formula is C11H12N4O. The van der Waals surface area contributed by atoms with Crippen LogP contribution in [0.1, 0.15) is 28.9 Å². The van der Waals surface area contributed by atoms with Crippen molar-refractivity contribution in [2.24, 2.45) is 0 Å². The van der Waals surface area contributed by atoms with Gasteiger partial charge in [-0.15, -0.1) is 0 Å². The summed E-state index contributed by atoms with van der Waals surface area (Å²) in [4.78, 5) is 24.0. The first-order valence-corrected chi connectivity index (χ1v) is 5.07. The van der Waals surface area contributed by atoms with Crippen LogP contribution in [0.25, 0.3) is 0 Å². The predicted octanol–water partition coefficient (Wildman–Crippen LogP) is 1.23. The highest BCUT2D eigenvalue weighted by atomic mass is 16.1. The van der Waals surface area contributed by atoms with Crippen molar-refractivity contribution in [2.45, 2.75) is 20.4 Å². The molecule has 0 atom stereocenters. The summed E-state index contributed by atoms with van der Waals surface area (Å²) in [5, 5.41) is 0. The van der Waals surface area contributed by atoms with E-state index in [2.05, 4.69) is 15.0 Å². The van der Waals surface area contributed by atoms with E-state index >= 15 is 0 Å². The molecule has 0 aliphatic rings. The van der Waals surface area contributed by atoms with E-state index in [1.54, 1.807) is 29.4 Å². The Hall–Kier alpha value is -2.04. The Kier molecular flexibility index (Phi) is 2.76. The summed E-state index contributed by atoms with van der Waals surface area (Å²) in [6.45, 7) is 4.53. The lowest BCUT2D eigenvalue weighted by Crippen LogP contribution is -2.13. The van der Waals surface area contributed by atoms with Crippen molar-refractivity contribution in [1.82, 2.24) is 19.5 Å². The molecule has 0 bridgehead atoms. The minimum atomic E-state index is -0.244. The van der Waals surface area contributed by atoms with Gasteiger partial charge in [0, 0.05) is 31.3 Å². The van der Waals surface area contributed by atoms with E-state index in [0.29, 0.717) is 12.4 Å². The standard InChI is InChI=1S/C11H12N4O/c1-3-15-5-4-12-11(15)9(16)10-13-6-8(2)7-14-10/h4-7H,3H2,1-2H3. The quantitative estimate of drug-likeness (QED) is 0.724. The molecule has 0 N–H and O–H groups in total. The molecule has 0 spiro atoms. The first kappa shape index (κ1) is 10.5. The zero-order chi connectivity index (χ0) is 11.5. The smallest absolute Gasteiger partial charge is 0.265 e. The Morgan fingerprint density at radius 2 is 2.00 bits per heavy atom. The van der Waals surface area contributed by atoms with Crippen LogP contribution < -0.4 is 0 Å². The third-order valence-corrected chi connectivity index (χ3v) is 2.24. The Balaban J connectivity index is 2.35. The maximum absolute atomic E-state index is 12.0. The average molecular weight is 216 g/mol. The van der Waals surface area contributed by atoms with Crippen molar-refractivity contribution in [3.05, 3.63) is 42.0 Å². The lowest BCUT2D eigenvalue weighted by Gasteiger charge is -2.02. The van der Waals surface area contributed by atoms with Crippen LogP contribution in [0, 0.1) is 6.92 Å². The van der Waals surface area contributed by atoms with Crippen molar-refractivity contribution in [2.75, 3.05) is 0 Å². The molecule has 0 aliphatic heterocycles. The molecule has 5 heteroatoms. The van der Waals surface area contributed by atoms with E-state index < -0.39 is 0 Å². The molecule has 16 heavy (non-hydrogen) atoms. The third-order valence-electron chi connectivity index (χ3n) is 2.24. The summed E-state index contributed by atoms with van der Waals surface area (Å²) >= 11 is 0. The van der Waals surface area contributed by atoms with Gasteiger partial charge in [0.2, 0.25) is 5.82 Å². The van der Waals surface area contributed by atoms with E-state index in [9.17, 15) is 4.79 Å². The highest BCUT2D eigenvalue weighted by Gasteiger charge is 2.16. The van der Waals surface area contributed by atoms with Crippen LogP contribution in [0.3, 0.4) is 0 Å². The van der Waals surface area contributed by atoms with Crippen molar-refractivity contribution in [3.8, 4) is 0 Å². The molecule has 2 heterocycles. The highest BCUT2D eigenvalue weighted by Crippen LogP contribution is 2.04. The van der Waals surface area contributed by atoms with Crippen LogP contribution in [-0.2, 0) is 6.54 Å². The summed E-state index contributed by atoms with van der Waals surface area (Å²) in [6, 6.07) is 0. The fraction of sp³-hybridized carbons (Fsp3) is 0.273. The van der Waals surface area contributed by atoms with Crippen LogP contribution in [0.4, 0.5) is 0 Å². The number of nitrogens with zero attached hydrogens (tertiary/aromatic N) is 4. The number of aryl methyl sites for hydroxylation is 2. The summed E-state index contributed by atoms with van der Waals surface area (Å²) in [6.07, 6.45) is 6.62. The third kappa shape index (κ3) is 1.84. The highest BCUT2D eigenvalue weighted by molar-refractivity contribution is 6.03. The molecule has 0 unspecified atom stereocenters. The van der Waals surface area contributed by atoms with Crippen molar-refractivity contribution >= 4 is 5.78 Å². The molecule has 0 aromatic carbocycles. The van der Waals surface area contributed by atoms with E-state index in [1.807, 2.05) is 13.8 Å². The number of carbonyl (C=O) groups is 1. The topological polar surface area (TPSA) is 60.7 Å². The van der Waals surface area contributed by atoms with Gasteiger partial charge in [0.25, 0.3) is 5.78 Å². The predicted molar refractivity (Wildman–Crippen MR) is 58.1 cm³/mol. The van der Waals surface area contributed by atoms with E-state index in [-0.39, 0.29) is 11.6 Å². The molecule has 82 valence electrons. The molecule has 2 aromatic heterocycles. The second-order valence-electron chi connectivity index (χ2n) is 3.45. The lowest BCUT2D eigenvalue weighted by atomic mass is 10.3. The summed E-state index contributed by atoms with van der Waals surface area (Å²) in [5.74, 6) is 0.324. The van der Waals surface area contributed by atoms with Gasteiger partial charge in [-0.1, -0.05) is 0 Å². The fourth-order valence-corrected chi connectivity index (χ4v) is 1.38. The molecule has 0 aliphatic carbocycles. The van der Waals surface area contributed by atoms with Crippen molar-refractivity contribution < 1.29 is 4.79 Å². The number of aromatic nitrogens is 4. The van der Waals surface area contributed by atoms with Gasteiger partial charge in [-0.05, 0) is 19.4 Å². The minimum Gasteiger partial charge on any atom is -0.328 e. The van der Waals surface area contributed by atoms with Gasteiger partial charge in [0.1, 0.15) is 0 Å². The van der Waals surface area contributed by atoms with Crippen LogP contribution in [0.15, 0.2) is 24.8 Å². The Bertz CT molecular complexity index is 501. The first-order chi connectivity index (χ1) is 7.72. The van der Waals surface area contributed by atoms with E-state index in [4.69, 9.17) is 0 Å². The molecule has 2 aromatic rings. The van der Waals surface area contributed by atoms with E-state index in [1.165, 1.54) is 0 Å². The Morgan fingerprint density at radius 3 is 2.62 bits per heavy atom. The van der Waals surface area contributed by atoms with Gasteiger partial charge < -0.3 is 4.57 Å². The zero-order valence-electron chi connectivity index (χ0n) is 9.21. The number of rotatable bonds is 3. The summed E-state index contributed by atoms with van der Waals surface area (Å²) in [5.41, 5.74) is 0.926. The molecule has 0 radical (unpaired) electrons. The molecule has 0 amide bonds. The molecule has 0 saturated heterocycles. The maximum Gasteiger partial charge on any atom is 0.265 e. The monoisotopic (exact) mass is 216 g/mol. The minimum absolute atomic E-state index is 0.187. The van der Waals surface area contributed by atoms with Gasteiger partial charge >= 0.3 is 0 Å². The number of carbonyl (C=O) groups excluding carboxylic acids is 1. The lowest BCUT2D eigenvalue weighted by molar-refractivity contribution is 0.101. The normalized spacial score (nSPS) is 10.4. The number of hydrogen-bond acceptors (Lipinski definition) is 4. The second-order valence-corrected chi connectivity index (χ2v) is 3.45.